The molecule has 1 aliphatic rings. The summed E-state index contributed by atoms with van der Waals surface area (Å²) in [5, 5.41) is 4.80. The molecule has 4 heteroatoms. The van der Waals surface area contributed by atoms with E-state index in [1.807, 2.05) is 23.1 Å². The Bertz CT molecular complexity index is 1870. The average Bonchev–Trinajstić information content (AvgIpc) is 3.45. The third kappa shape index (κ3) is 2.47. The zero-order chi connectivity index (χ0) is 22.2. The maximum absolute atomic E-state index is 6.80. The van der Waals surface area contributed by atoms with Gasteiger partial charge in [0.15, 0.2) is 5.58 Å². The molecule has 2 aromatic heterocycles. The molecule has 1 aliphatic heterocycles. The van der Waals surface area contributed by atoms with Gasteiger partial charge in [0, 0.05) is 40.7 Å². The lowest BCUT2D eigenvalue weighted by atomic mass is 10.1. The molecule has 160 valence electrons. The van der Waals surface area contributed by atoms with Crippen LogP contribution in [0, 0.1) is 0 Å². The Hall–Kier alpha value is -3.73. The Kier molecular flexibility index (Phi) is 3.78. The van der Waals surface area contributed by atoms with E-state index in [-0.39, 0.29) is 0 Å². The molecule has 5 aromatic carbocycles. The molecule has 0 aliphatic carbocycles. The van der Waals surface area contributed by atoms with Crippen molar-refractivity contribution in [3.8, 4) is 0 Å². The monoisotopic (exact) mass is 471 g/mol. The Labute approximate surface area is 204 Å². The molecule has 34 heavy (non-hydrogen) atoms. The van der Waals surface area contributed by atoms with Crippen LogP contribution in [-0.2, 0) is 0 Å². The highest BCUT2D eigenvalue weighted by Gasteiger charge is 2.27. The lowest BCUT2D eigenvalue weighted by Crippen LogP contribution is -2.14. The van der Waals surface area contributed by atoms with Gasteiger partial charge in [0.25, 0.3) is 0 Å². The van der Waals surface area contributed by atoms with Crippen molar-refractivity contribution in [3.63, 3.8) is 0 Å². The predicted octanol–water partition coefficient (Wildman–Crippen LogP) is 9.89. The van der Waals surface area contributed by atoms with Crippen molar-refractivity contribution in [2.24, 2.45) is 0 Å². The lowest BCUT2D eigenvalue weighted by molar-refractivity contribution is 0.673. The summed E-state index contributed by atoms with van der Waals surface area (Å²) >= 11 is 3.65. The van der Waals surface area contributed by atoms with Gasteiger partial charge < -0.3 is 9.32 Å². The maximum atomic E-state index is 6.80. The molecule has 0 saturated heterocycles. The third-order valence-electron chi connectivity index (χ3n) is 6.66. The number of rotatable bonds is 1. The van der Waals surface area contributed by atoms with Gasteiger partial charge in [-0.25, -0.2) is 0 Å². The zero-order valence-corrected chi connectivity index (χ0v) is 19.6. The van der Waals surface area contributed by atoms with Crippen LogP contribution in [0.3, 0.4) is 0 Å². The van der Waals surface area contributed by atoms with Gasteiger partial charge in [-0.1, -0.05) is 66.4 Å². The van der Waals surface area contributed by atoms with Crippen LogP contribution in [0.2, 0.25) is 0 Å². The number of thiophene rings is 1. The van der Waals surface area contributed by atoms with Gasteiger partial charge in [-0.2, -0.15) is 0 Å². The standard InChI is InChI=1S/C30H17NOS2/c1-4-13-24-20(8-1)28-27(33-24)17-16-19-18-9-7-12-23(29(18)32-30(19)28)31-21-10-2-5-14-25(21)34-26-15-6-3-11-22(26)31/h1-17H. The van der Waals surface area contributed by atoms with E-state index in [9.17, 15) is 0 Å². The summed E-state index contributed by atoms with van der Waals surface area (Å²) in [6.07, 6.45) is 0. The SMILES string of the molecule is c1ccc2c(c1)Sc1ccccc1N2c1cccc2c1oc1c2ccc2sc3ccccc3c21. The fourth-order valence-electron chi connectivity index (χ4n) is 5.19. The summed E-state index contributed by atoms with van der Waals surface area (Å²) in [5.74, 6) is 0. The van der Waals surface area contributed by atoms with E-state index in [0.717, 1.165) is 22.2 Å². The van der Waals surface area contributed by atoms with Crippen LogP contribution >= 0.6 is 23.1 Å². The van der Waals surface area contributed by atoms with E-state index in [4.69, 9.17) is 4.42 Å². The van der Waals surface area contributed by atoms with Crippen LogP contribution in [0.5, 0.6) is 0 Å². The number of anilines is 3. The molecule has 7 aromatic rings. The van der Waals surface area contributed by atoms with Crippen molar-refractivity contribution in [1.29, 1.82) is 0 Å². The van der Waals surface area contributed by atoms with E-state index in [2.05, 4.69) is 108 Å². The molecule has 0 N–H and O–H groups in total. The molecular weight excluding hydrogens is 454 g/mol. The molecule has 8 rings (SSSR count). The second kappa shape index (κ2) is 6.89. The number of hydrogen-bond donors (Lipinski definition) is 0. The number of nitrogens with zero attached hydrogens (tertiary/aromatic N) is 1. The highest BCUT2D eigenvalue weighted by molar-refractivity contribution is 7.99. The molecule has 3 heterocycles. The van der Waals surface area contributed by atoms with Crippen molar-refractivity contribution in [1.82, 2.24) is 0 Å². The van der Waals surface area contributed by atoms with Crippen LogP contribution in [-0.4, -0.2) is 0 Å². The predicted molar refractivity (Wildman–Crippen MR) is 145 cm³/mol. The lowest BCUT2D eigenvalue weighted by Gasteiger charge is -2.32. The van der Waals surface area contributed by atoms with Gasteiger partial charge in [0.1, 0.15) is 5.58 Å². The number of hydrogen-bond acceptors (Lipinski definition) is 4. The van der Waals surface area contributed by atoms with E-state index in [0.29, 0.717) is 0 Å². The quantitative estimate of drug-likeness (QED) is 0.237. The fourth-order valence-corrected chi connectivity index (χ4v) is 7.35. The van der Waals surface area contributed by atoms with Crippen LogP contribution in [0.25, 0.3) is 42.1 Å². The van der Waals surface area contributed by atoms with Crippen LogP contribution < -0.4 is 4.90 Å². The van der Waals surface area contributed by atoms with Gasteiger partial charge >= 0.3 is 0 Å². The molecule has 2 nitrogen and oxygen atoms in total. The normalized spacial score (nSPS) is 13.1. The highest BCUT2D eigenvalue weighted by Crippen LogP contribution is 2.53. The maximum Gasteiger partial charge on any atom is 0.159 e. The molecule has 0 radical (unpaired) electrons. The molecular formula is C30H17NOS2. The van der Waals surface area contributed by atoms with Gasteiger partial charge in [-0.15, -0.1) is 11.3 Å². The second-order valence-electron chi connectivity index (χ2n) is 8.54. The number of furan rings is 1. The Morgan fingerprint density at radius 1 is 0.500 bits per heavy atom. The first-order valence-electron chi connectivity index (χ1n) is 11.3. The summed E-state index contributed by atoms with van der Waals surface area (Å²) in [6, 6.07) is 36.8. The second-order valence-corrected chi connectivity index (χ2v) is 10.7. The fraction of sp³-hybridized carbons (Fsp3) is 0. The van der Waals surface area contributed by atoms with Crippen molar-refractivity contribution in [2.75, 3.05) is 4.90 Å². The summed E-state index contributed by atoms with van der Waals surface area (Å²) < 4.78 is 9.36. The molecule has 0 spiro atoms. The first-order chi connectivity index (χ1) is 16.9. The van der Waals surface area contributed by atoms with E-state index in [1.54, 1.807) is 0 Å². The smallest absolute Gasteiger partial charge is 0.159 e. The minimum absolute atomic E-state index is 0.928. The van der Waals surface area contributed by atoms with Gasteiger partial charge in [0.05, 0.1) is 17.1 Å². The van der Waals surface area contributed by atoms with Gasteiger partial charge in [-0.3, -0.25) is 0 Å². The van der Waals surface area contributed by atoms with Crippen LogP contribution in [0.1, 0.15) is 0 Å². The Balaban J connectivity index is 1.49. The van der Waals surface area contributed by atoms with Crippen molar-refractivity contribution in [2.45, 2.75) is 9.79 Å². The minimum Gasteiger partial charge on any atom is -0.453 e. The summed E-state index contributed by atoms with van der Waals surface area (Å²) in [7, 11) is 0. The summed E-state index contributed by atoms with van der Waals surface area (Å²) in [4.78, 5) is 4.86. The first-order valence-corrected chi connectivity index (χ1v) is 12.9. The average molecular weight is 472 g/mol. The van der Waals surface area contributed by atoms with Crippen molar-refractivity contribution in [3.05, 3.63) is 103 Å². The number of fused-ring (bicyclic) bond motifs is 9. The minimum atomic E-state index is 0.928. The third-order valence-corrected chi connectivity index (χ3v) is 8.92. The van der Waals surface area contributed by atoms with Crippen molar-refractivity contribution < 1.29 is 4.42 Å². The van der Waals surface area contributed by atoms with Gasteiger partial charge in [-0.05, 0) is 48.5 Å². The molecule has 0 bridgehead atoms. The van der Waals surface area contributed by atoms with Crippen molar-refractivity contribution >= 4 is 82.3 Å². The molecule has 0 fully saturated rings. The largest absolute Gasteiger partial charge is 0.453 e. The van der Waals surface area contributed by atoms with E-state index >= 15 is 0 Å². The first kappa shape index (κ1) is 18.7. The number of para-hydroxylation sites is 3. The Morgan fingerprint density at radius 2 is 1.15 bits per heavy atom. The summed E-state index contributed by atoms with van der Waals surface area (Å²) in [6.45, 7) is 0. The summed E-state index contributed by atoms with van der Waals surface area (Å²) in [5.41, 5.74) is 5.35. The topological polar surface area (TPSA) is 16.4 Å². The van der Waals surface area contributed by atoms with E-state index in [1.165, 1.54) is 46.7 Å². The van der Waals surface area contributed by atoms with E-state index < -0.39 is 0 Å². The molecule has 0 atom stereocenters. The molecule has 0 unspecified atom stereocenters. The Morgan fingerprint density at radius 3 is 1.97 bits per heavy atom. The van der Waals surface area contributed by atoms with Gasteiger partial charge in [0.2, 0.25) is 0 Å². The van der Waals surface area contributed by atoms with Crippen LogP contribution in [0.4, 0.5) is 17.1 Å². The molecule has 0 amide bonds. The zero-order valence-electron chi connectivity index (χ0n) is 18.0. The van der Waals surface area contributed by atoms with Crippen LogP contribution in [0.15, 0.2) is 117 Å². The number of benzene rings is 5. The molecule has 0 saturated carbocycles. The highest BCUT2D eigenvalue weighted by atomic mass is 32.2.